The molecule has 1 N–H and O–H groups in total. The molecule has 0 aliphatic carbocycles. The van der Waals surface area contributed by atoms with Gasteiger partial charge in [-0.25, -0.2) is 4.39 Å². The van der Waals surface area contributed by atoms with Crippen LogP contribution in [0.1, 0.15) is 24.0 Å². The van der Waals surface area contributed by atoms with E-state index in [9.17, 15) is 4.39 Å². The quantitative estimate of drug-likeness (QED) is 0.722. The molecule has 0 atom stereocenters. The van der Waals surface area contributed by atoms with Crippen LogP contribution in [0.2, 0.25) is 0 Å². The predicted molar refractivity (Wildman–Crippen MR) is 56.1 cm³/mol. The minimum absolute atomic E-state index is 0.595. The highest BCUT2D eigenvalue weighted by Crippen LogP contribution is 2.36. The predicted octanol–water partition coefficient (Wildman–Crippen LogP) is 2.54. The molecule has 1 aromatic carbocycles. The van der Waals surface area contributed by atoms with E-state index in [2.05, 4.69) is 5.32 Å². The van der Waals surface area contributed by atoms with Crippen molar-refractivity contribution in [3.05, 3.63) is 35.4 Å². The van der Waals surface area contributed by atoms with Crippen LogP contribution in [0.3, 0.4) is 0 Å². The minimum Gasteiger partial charge on any atom is -0.316 e. The third kappa shape index (κ3) is 1.67. The van der Waals surface area contributed by atoms with Gasteiger partial charge in [0, 0.05) is 0 Å². The molecule has 1 saturated heterocycles. The summed E-state index contributed by atoms with van der Waals surface area (Å²) in [5.74, 6) is 0. The Kier molecular flexibility index (Phi) is 2.55. The van der Waals surface area contributed by atoms with Gasteiger partial charge in [0.15, 0.2) is 0 Å². The van der Waals surface area contributed by atoms with E-state index in [-0.39, 0.29) is 0 Å². The van der Waals surface area contributed by atoms with Crippen LogP contribution in [0, 0.1) is 6.92 Å². The standard InChI is InChI=1S/C12H16FN/c1-10-4-2-3-5-11(10)12(13)6-8-14-9-7-12/h2-5,14H,6-9H2,1H3. The van der Waals surface area contributed by atoms with Crippen LogP contribution in [0.15, 0.2) is 24.3 Å². The molecular formula is C12H16FN. The first-order valence-electron chi connectivity index (χ1n) is 5.18. The minimum atomic E-state index is -1.10. The van der Waals surface area contributed by atoms with Gasteiger partial charge in [-0.1, -0.05) is 24.3 Å². The summed E-state index contributed by atoms with van der Waals surface area (Å²) in [6, 6.07) is 7.79. The van der Waals surface area contributed by atoms with Gasteiger partial charge < -0.3 is 5.32 Å². The highest BCUT2D eigenvalue weighted by Gasteiger charge is 2.34. The number of nitrogens with one attached hydrogen (secondary N) is 1. The topological polar surface area (TPSA) is 12.0 Å². The highest BCUT2D eigenvalue weighted by molar-refractivity contribution is 5.31. The fourth-order valence-corrected chi connectivity index (χ4v) is 2.17. The van der Waals surface area contributed by atoms with E-state index in [0.717, 1.165) is 24.2 Å². The Bertz CT molecular complexity index is 316. The van der Waals surface area contributed by atoms with Gasteiger partial charge in [0.2, 0.25) is 0 Å². The smallest absolute Gasteiger partial charge is 0.138 e. The molecule has 1 nitrogen and oxygen atoms in total. The normalized spacial score (nSPS) is 20.7. The SMILES string of the molecule is Cc1ccccc1C1(F)CCNCC1. The summed E-state index contributed by atoms with van der Waals surface area (Å²) in [5.41, 5.74) is 0.842. The summed E-state index contributed by atoms with van der Waals surface area (Å²) in [6.45, 7) is 3.55. The molecule has 0 aromatic heterocycles. The van der Waals surface area contributed by atoms with Crippen molar-refractivity contribution in [2.24, 2.45) is 0 Å². The first kappa shape index (κ1) is 9.66. The van der Waals surface area contributed by atoms with Gasteiger partial charge >= 0.3 is 0 Å². The number of halogens is 1. The largest absolute Gasteiger partial charge is 0.316 e. The maximum atomic E-state index is 14.5. The Morgan fingerprint density at radius 2 is 1.86 bits per heavy atom. The van der Waals surface area contributed by atoms with Crippen LogP contribution >= 0.6 is 0 Å². The molecule has 0 saturated carbocycles. The number of hydrogen-bond donors (Lipinski definition) is 1. The van der Waals surface area contributed by atoms with E-state index in [4.69, 9.17) is 0 Å². The van der Waals surface area contributed by atoms with Crippen molar-refractivity contribution >= 4 is 0 Å². The van der Waals surface area contributed by atoms with Gasteiger partial charge in [-0.05, 0) is 44.0 Å². The Morgan fingerprint density at radius 3 is 2.50 bits per heavy atom. The van der Waals surface area contributed by atoms with E-state index in [1.165, 1.54) is 0 Å². The van der Waals surface area contributed by atoms with Gasteiger partial charge in [0.05, 0.1) is 0 Å². The summed E-state index contributed by atoms with van der Waals surface area (Å²) in [7, 11) is 0. The second-order valence-electron chi connectivity index (χ2n) is 4.03. The zero-order valence-corrected chi connectivity index (χ0v) is 8.52. The number of piperidine rings is 1. The van der Waals surface area contributed by atoms with Crippen LogP contribution in [0.4, 0.5) is 4.39 Å². The molecule has 0 radical (unpaired) electrons. The van der Waals surface area contributed by atoms with Crippen molar-refractivity contribution in [3.8, 4) is 0 Å². The number of rotatable bonds is 1. The fourth-order valence-electron chi connectivity index (χ4n) is 2.17. The first-order valence-corrected chi connectivity index (χ1v) is 5.18. The average Bonchev–Trinajstić information content (AvgIpc) is 2.19. The number of benzene rings is 1. The van der Waals surface area contributed by atoms with E-state index in [1.54, 1.807) is 0 Å². The van der Waals surface area contributed by atoms with Crippen molar-refractivity contribution in [2.75, 3.05) is 13.1 Å². The lowest BCUT2D eigenvalue weighted by atomic mass is 9.84. The lowest BCUT2D eigenvalue weighted by Gasteiger charge is -2.31. The molecule has 1 aromatic rings. The van der Waals surface area contributed by atoms with Crippen LogP contribution in [-0.4, -0.2) is 13.1 Å². The molecule has 0 amide bonds. The molecule has 0 spiro atoms. The van der Waals surface area contributed by atoms with Crippen LogP contribution in [0.25, 0.3) is 0 Å². The second-order valence-corrected chi connectivity index (χ2v) is 4.03. The highest BCUT2D eigenvalue weighted by atomic mass is 19.1. The Labute approximate surface area is 84.3 Å². The van der Waals surface area contributed by atoms with Gasteiger partial charge in [-0.15, -0.1) is 0 Å². The van der Waals surface area contributed by atoms with Gasteiger partial charge in [-0.3, -0.25) is 0 Å². The van der Waals surface area contributed by atoms with Crippen LogP contribution < -0.4 is 5.32 Å². The van der Waals surface area contributed by atoms with E-state index in [1.807, 2.05) is 31.2 Å². The van der Waals surface area contributed by atoms with E-state index < -0.39 is 5.67 Å². The summed E-state index contributed by atoms with van der Waals surface area (Å²) >= 11 is 0. The van der Waals surface area contributed by atoms with Gasteiger partial charge in [0.25, 0.3) is 0 Å². The average molecular weight is 193 g/mol. The summed E-state index contributed by atoms with van der Waals surface area (Å²) < 4.78 is 14.5. The zero-order chi connectivity index (χ0) is 10.0. The van der Waals surface area contributed by atoms with Crippen LogP contribution in [0.5, 0.6) is 0 Å². The Morgan fingerprint density at radius 1 is 1.21 bits per heavy atom. The van der Waals surface area contributed by atoms with Crippen molar-refractivity contribution in [1.82, 2.24) is 5.32 Å². The molecule has 76 valence electrons. The summed E-state index contributed by atoms with van der Waals surface area (Å²) in [5, 5.41) is 3.19. The van der Waals surface area contributed by atoms with Crippen molar-refractivity contribution < 1.29 is 4.39 Å². The monoisotopic (exact) mass is 193 g/mol. The molecule has 1 fully saturated rings. The van der Waals surface area contributed by atoms with Crippen LogP contribution in [-0.2, 0) is 5.67 Å². The molecule has 2 rings (SSSR count). The zero-order valence-electron chi connectivity index (χ0n) is 8.52. The third-order valence-electron chi connectivity index (χ3n) is 3.02. The molecule has 0 bridgehead atoms. The summed E-state index contributed by atoms with van der Waals surface area (Å²) in [6.07, 6.45) is 1.19. The van der Waals surface area contributed by atoms with Crippen molar-refractivity contribution in [3.63, 3.8) is 0 Å². The number of alkyl halides is 1. The molecule has 1 aliphatic rings. The molecule has 14 heavy (non-hydrogen) atoms. The van der Waals surface area contributed by atoms with Gasteiger partial charge in [-0.2, -0.15) is 0 Å². The number of aryl methyl sites for hydroxylation is 1. The molecule has 1 aliphatic heterocycles. The maximum absolute atomic E-state index is 14.5. The molecule has 1 heterocycles. The first-order chi connectivity index (χ1) is 6.72. The third-order valence-corrected chi connectivity index (χ3v) is 3.02. The Balaban J connectivity index is 2.32. The molecular weight excluding hydrogens is 177 g/mol. The Hall–Kier alpha value is -0.890. The van der Waals surface area contributed by atoms with E-state index >= 15 is 0 Å². The van der Waals surface area contributed by atoms with Crippen molar-refractivity contribution in [2.45, 2.75) is 25.4 Å². The lowest BCUT2D eigenvalue weighted by Crippen LogP contribution is -2.37. The fraction of sp³-hybridized carbons (Fsp3) is 0.500. The van der Waals surface area contributed by atoms with Crippen molar-refractivity contribution in [1.29, 1.82) is 0 Å². The van der Waals surface area contributed by atoms with Gasteiger partial charge in [0.1, 0.15) is 5.67 Å². The second kappa shape index (κ2) is 3.70. The lowest BCUT2D eigenvalue weighted by molar-refractivity contribution is 0.114. The maximum Gasteiger partial charge on any atom is 0.138 e. The summed E-state index contributed by atoms with van der Waals surface area (Å²) in [4.78, 5) is 0. The molecule has 2 heteroatoms. The molecule has 0 unspecified atom stereocenters. The van der Waals surface area contributed by atoms with E-state index in [0.29, 0.717) is 12.8 Å². The number of hydrogen-bond acceptors (Lipinski definition) is 1.